The smallest absolute Gasteiger partial charge is 0.119 e. The molecule has 0 saturated carbocycles. The summed E-state index contributed by atoms with van der Waals surface area (Å²) in [5.41, 5.74) is 5.69. The fraction of sp³-hybridized carbons (Fsp3) is 0.200. The van der Waals surface area contributed by atoms with Gasteiger partial charge in [0, 0.05) is 0 Å². The lowest BCUT2D eigenvalue weighted by atomic mass is 9.94. The summed E-state index contributed by atoms with van der Waals surface area (Å²) in [7, 11) is 0. The Morgan fingerprint density at radius 2 is 1.44 bits per heavy atom. The highest BCUT2D eigenvalue weighted by Gasteiger charge is 2.08. The van der Waals surface area contributed by atoms with E-state index in [4.69, 9.17) is 0 Å². The van der Waals surface area contributed by atoms with Crippen molar-refractivity contribution < 1.29 is 5.11 Å². The van der Waals surface area contributed by atoms with E-state index in [0.717, 1.165) is 16.7 Å². The van der Waals surface area contributed by atoms with Crippen LogP contribution in [0.2, 0.25) is 0 Å². The van der Waals surface area contributed by atoms with Crippen LogP contribution in [0, 0.1) is 20.8 Å². The normalized spacial score (nSPS) is 10.4. The van der Waals surface area contributed by atoms with Crippen molar-refractivity contribution in [3.05, 3.63) is 53.1 Å². The summed E-state index contributed by atoms with van der Waals surface area (Å²) >= 11 is 0. The minimum absolute atomic E-state index is 0.362. The number of hydrogen-bond donors (Lipinski definition) is 1. The molecule has 0 unspecified atom stereocenters. The molecule has 0 spiro atoms. The second kappa shape index (κ2) is 4.01. The average Bonchev–Trinajstić information content (AvgIpc) is 2.27. The Morgan fingerprint density at radius 1 is 0.812 bits per heavy atom. The van der Waals surface area contributed by atoms with E-state index in [1.54, 1.807) is 6.07 Å². The van der Waals surface area contributed by atoms with Gasteiger partial charge < -0.3 is 5.11 Å². The van der Waals surface area contributed by atoms with Gasteiger partial charge in [-0.1, -0.05) is 35.9 Å². The maximum atomic E-state index is 9.74. The molecule has 2 aromatic rings. The third-order valence-corrected chi connectivity index (χ3v) is 2.98. The van der Waals surface area contributed by atoms with Gasteiger partial charge in [-0.25, -0.2) is 0 Å². The van der Waals surface area contributed by atoms with E-state index in [9.17, 15) is 5.11 Å². The Hall–Kier alpha value is -1.76. The molecule has 1 N–H and O–H groups in total. The molecule has 2 aromatic carbocycles. The van der Waals surface area contributed by atoms with Gasteiger partial charge in [0.15, 0.2) is 0 Å². The first-order valence-corrected chi connectivity index (χ1v) is 5.46. The van der Waals surface area contributed by atoms with E-state index in [1.165, 1.54) is 11.1 Å². The summed E-state index contributed by atoms with van der Waals surface area (Å²) in [5.74, 6) is 0.362. The Labute approximate surface area is 96.4 Å². The first kappa shape index (κ1) is 10.7. The molecular weight excluding hydrogens is 196 g/mol. The van der Waals surface area contributed by atoms with Crippen molar-refractivity contribution in [1.29, 1.82) is 0 Å². The van der Waals surface area contributed by atoms with Crippen LogP contribution in [0.5, 0.6) is 5.75 Å². The molecule has 0 saturated heterocycles. The van der Waals surface area contributed by atoms with Crippen LogP contribution >= 0.6 is 0 Å². The fourth-order valence-electron chi connectivity index (χ4n) is 2.00. The van der Waals surface area contributed by atoms with Crippen LogP contribution in [0.4, 0.5) is 0 Å². The monoisotopic (exact) mass is 212 g/mol. The molecule has 0 amide bonds. The van der Waals surface area contributed by atoms with Gasteiger partial charge in [-0.2, -0.15) is 0 Å². The number of phenolic OH excluding ortho intramolecular Hbond substituents is 1. The molecule has 1 nitrogen and oxygen atoms in total. The molecule has 0 radical (unpaired) electrons. The summed E-state index contributed by atoms with van der Waals surface area (Å²) in [6, 6.07) is 12.1. The highest BCUT2D eigenvalue weighted by molar-refractivity contribution is 5.73. The number of benzene rings is 2. The summed E-state index contributed by atoms with van der Waals surface area (Å²) in [6.45, 7) is 6.10. The maximum absolute atomic E-state index is 9.74. The Bertz CT molecular complexity index is 510. The van der Waals surface area contributed by atoms with Crippen LogP contribution in [0.25, 0.3) is 11.1 Å². The molecule has 0 atom stereocenters. The Balaban J connectivity index is 2.63. The third-order valence-electron chi connectivity index (χ3n) is 2.98. The fourth-order valence-corrected chi connectivity index (χ4v) is 2.00. The number of phenols is 1. The van der Waals surface area contributed by atoms with Crippen LogP contribution in [0.15, 0.2) is 36.4 Å². The van der Waals surface area contributed by atoms with E-state index in [2.05, 4.69) is 38.1 Å². The molecule has 0 aromatic heterocycles. The largest absolute Gasteiger partial charge is 0.508 e. The van der Waals surface area contributed by atoms with Crippen LogP contribution in [-0.2, 0) is 0 Å². The van der Waals surface area contributed by atoms with Gasteiger partial charge in [-0.3, -0.25) is 0 Å². The van der Waals surface area contributed by atoms with E-state index in [1.807, 2.05) is 13.0 Å². The summed E-state index contributed by atoms with van der Waals surface area (Å²) in [4.78, 5) is 0. The van der Waals surface area contributed by atoms with Crippen molar-refractivity contribution in [3.8, 4) is 16.9 Å². The number of aromatic hydroxyl groups is 1. The average molecular weight is 212 g/mol. The molecule has 0 aliphatic carbocycles. The lowest BCUT2D eigenvalue weighted by Gasteiger charge is -2.11. The lowest BCUT2D eigenvalue weighted by molar-refractivity contribution is 0.471. The van der Waals surface area contributed by atoms with Crippen LogP contribution in [0.1, 0.15) is 16.7 Å². The second-order valence-electron chi connectivity index (χ2n) is 4.27. The van der Waals surface area contributed by atoms with Gasteiger partial charge in [0.2, 0.25) is 0 Å². The topological polar surface area (TPSA) is 20.2 Å². The van der Waals surface area contributed by atoms with Gasteiger partial charge in [-0.15, -0.1) is 0 Å². The second-order valence-corrected chi connectivity index (χ2v) is 4.27. The van der Waals surface area contributed by atoms with Crippen molar-refractivity contribution in [2.45, 2.75) is 20.8 Å². The molecule has 0 heterocycles. The highest BCUT2D eigenvalue weighted by atomic mass is 16.3. The molecule has 0 bridgehead atoms. The summed E-state index contributed by atoms with van der Waals surface area (Å²) in [5, 5.41) is 9.74. The quantitative estimate of drug-likeness (QED) is 0.758. The van der Waals surface area contributed by atoms with Gasteiger partial charge in [0.1, 0.15) is 5.75 Å². The van der Waals surface area contributed by atoms with Crippen molar-refractivity contribution in [2.75, 3.05) is 0 Å². The van der Waals surface area contributed by atoms with Crippen molar-refractivity contribution in [2.24, 2.45) is 0 Å². The molecule has 0 fully saturated rings. The highest BCUT2D eigenvalue weighted by Crippen LogP contribution is 2.32. The molecule has 2 rings (SSSR count). The summed E-state index contributed by atoms with van der Waals surface area (Å²) < 4.78 is 0. The predicted molar refractivity (Wildman–Crippen MR) is 67.8 cm³/mol. The van der Waals surface area contributed by atoms with E-state index in [0.29, 0.717) is 5.75 Å². The van der Waals surface area contributed by atoms with Crippen molar-refractivity contribution >= 4 is 0 Å². The Kier molecular flexibility index (Phi) is 2.69. The van der Waals surface area contributed by atoms with Crippen LogP contribution in [0.3, 0.4) is 0 Å². The molecular formula is C15H16O. The number of aryl methyl sites for hydroxylation is 2. The first-order chi connectivity index (χ1) is 7.59. The SMILES string of the molecule is Cc1ccc(-c2c(C)ccc(O)c2C)cc1. The lowest BCUT2D eigenvalue weighted by Crippen LogP contribution is -1.88. The van der Waals surface area contributed by atoms with E-state index < -0.39 is 0 Å². The van der Waals surface area contributed by atoms with E-state index in [-0.39, 0.29) is 0 Å². The Morgan fingerprint density at radius 3 is 2.06 bits per heavy atom. The van der Waals surface area contributed by atoms with Gasteiger partial charge in [-0.05, 0) is 49.1 Å². The molecule has 0 aliphatic heterocycles. The maximum Gasteiger partial charge on any atom is 0.119 e. The molecule has 82 valence electrons. The zero-order chi connectivity index (χ0) is 11.7. The molecule has 16 heavy (non-hydrogen) atoms. The minimum atomic E-state index is 0.362. The minimum Gasteiger partial charge on any atom is -0.508 e. The van der Waals surface area contributed by atoms with Gasteiger partial charge >= 0.3 is 0 Å². The number of hydrogen-bond acceptors (Lipinski definition) is 1. The van der Waals surface area contributed by atoms with Crippen LogP contribution in [-0.4, -0.2) is 5.11 Å². The van der Waals surface area contributed by atoms with Crippen molar-refractivity contribution in [1.82, 2.24) is 0 Å². The zero-order valence-corrected chi connectivity index (χ0v) is 9.91. The molecule has 0 aliphatic rings. The predicted octanol–water partition coefficient (Wildman–Crippen LogP) is 3.98. The standard InChI is InChI=1S/C15H16O/c1-10-4-7-13(8-5-10)15-11(2)6-9-14(16)12(15)3/h4-9,16H,1-3H3. The number of rotatable bonds is 1. The third kappa shape index (κ3) is 1.81. The zero-order valence-electron chi connectivity index (χ0n) is 9.91. The molecule has 1 heteroatoms. The van der Waals surface area contributed by atoms with Crippen molar-refractivity contribution in [3.63, 3.8) is 0 Å². The first-order valence-electron chi connectivity index (χ1n) is 5.46. The van der Waals surface area contributed by atoms with Crippen LogP contribution < -0.4 is 0 Å². The summed E-state index contributed by atoms with van der Waals surface area (Å²) in [6.07, 6.45) is 0. The van der Waals surface area contributed by atoms with Gasteiger partial charge in [0.05, 0.1) is 0 Å². The van der Waals surface area contributed by atoms with E-state index >= 15 is 0 Å². The van der Waals surface area contributed by atoms with Gasteiger partial charge in [0.25, 0.3) is 0 Å².